The van der Waals surface area contributed by atoms with Crippen molar-refractivity contribution < 1.29 is 18.4 Å². The average molecular weight is 418 g/mol. The van der Waals surface area contributed by atoms with Gasteiger partial charge in [-0.1, -0.05) is 25.1 Å². The molecule has 0 aromatic heterocycles. The minimum atomic E-state index is -0.529. The number of anilines is 1. The van der Waals surface area contributed by atoms with E-state index in [1.165, 1.54) is 4.90 Å². The third-order valence-corrected chi connectivity index (χ3v) is 5.05. The number of nitrogens with one attached hydrogen (secondary N) is 1. The summed E-state index contributed by atoms with van der Waals surface area (Å²) in [6, 6.07) is 10.2. The molecule has 0 aliphatic carbocycles. The van der Waals surface area contributed by atoms with Gasteiger partial charge >= 0.3 is 0 Å². The first-order chi connectivity index (χ1) is 14.2. The maximum atomic E-state index is 14.1. The van der Waals surface area contributed by atoms with Crippen LogP contribution in [0.15, 0.2) is 42.5 Å². The number of nitrogens with zero attached hydrogens (tertiary/aromatic N) is 2. The zero-order chi connectivity index (χ0) is 22.3. The Kier molecular flexibility index (Phi) is 8.47. The van der Waals surface area contributed by atoms with Crippen LogP contribution in [-0.4, -0.2) is 48.3 Å². The molecule has 0 saturated heterocycles. The maximum absolute atomic E-state index is 14.1. The van der Waals surface area contributed by atoms with Crippen molar-refractivity contribution in [3.8, 4) is 0 Å². The molecular formula is C23H29F2N3O2. The van der Waals surface area contributed by atoms with Crippen molar-refractivity contribution in [1.82, 2.24) is 9.80 Å². The summed E-state index contributed by atoms with van der Waals surface area (Å²) >= 11 is 0. The summed E-state index contributed by atoms with van der Waals surface area (Å²) in [4.78, 5) is 28.4. The number of carbonyl (C=O) groups excluding carboxylic acids is 2. The van der Waals surface area contributed by atoms with Gasteiger partial charge in [0.05, 0.1) is 13.1 Å². The summed E-state index contributed by atoms with van der Waals surface area (Å²) < 4.78 is 27.6. The Labute approximate surface area is 176 Å². The van der Waals surface area contributed by atoms with E-state index in [-0.39, 0.29) is 30.5 Å². The molecule has 1 N–H and O–H groups in total. The van der Waals surface area contributed by atoms with Gasteiger partial charge in [-0.25, -0.2) is 8.78 Å². The van der Waals surface area contributed by atoms with Crippen LogP contribution in [0, 0.1) is 18.6 Å². The first-order valence-corrected chi connectivity index (χ1v) is 10.0. The summed E-state index contributed by atoms with van der Waals surface area (Å²) in [5, 5.41) is 2.83. The number of halogens is 2. The van der Waals surface area contributed by atoms with Gasteiger partial charge in [0.1, 0.15) is 11.6 Å². The van der Waals surface area contributed by atoms with E-state index in [2.05, 4.69) is 5.32 Å². The fraction of sp³-hybridized carbons (Fsp3) is 0.391. The van der Waals surface area contributed by atoms with E-state index in [1.807, 2.05) is 38.1 Å². The minimum absolute atomic E-state index is 0.0191. The lowest BCUT2D eigenvalue weighted by atomic mass is 10.1. The molecule has 1 atom stereocenters. The zero-order valence-corrected chi connectivity index (χ0v) is 17.9. The van der Waals surface area contributed by atoms with E-state index >= 15 is 0 Å². The van der Waals surface area contributed by atoms with Crippen molar-refractivity contribution >= 4 is 17.5 Å². The Bertz CT molecular complexity index is 889. The molecule has 0 spiro atoms. The van der Waals surface area contributed by atoms with Crippen molar-refractivity contribution in [2.24, 2.45) is 0 Å². The first kappa shape index (κ1) is 23.5. The summed E-state index contributed by atoms with van der Waals surface area (Å²) in [5.41, 5.74) is 1.83. The Morgan fingerprint density at radius 3 is 2.47 bits per heavy atom. The highest BCUT2D eigenvalue weighted by Gasteiger charge is 2.23. The molecule has 0 aliphatic rings. The van der Waals surface area contributed by atoms with Crippen LogP contribution in [0.3, 0.4) is 0 Å². The second kappa shape index (κ2) is 10.8. The van der Waals surface area contributed by atoms with Crippen molar-refractivity contribution in [2.75, 3.05) is 32.0 Å². The number of para-hydroxylation sites is 1. The molecule has 0 fully saturated rings. The lowest BCUT2D eigenvalue weighted by Gasteiger charge is -2.28. The standard InChI is InChI=1S/C23H29F2N3O2/c1-5-12-28(14-22(29)26-21-9-7-6-8-16(21)2)23(30)15-27(4)17(3)19-13-18(24)10-11-20(19)25/h6-11,13,17H,5,12,14-15H2,1-4H3,(H,26,29). The van der Waals surface area contributed by atoms with E-state index in [9.17, 15) is 18.4 Å². The zero-order valence-electron chi connectivity index (χ0n) is 17.9. The molecule has 0 saturated carbocycles. The fourth-order valence-electron chi connectivity index (χ4n) is 3.16. The number of carbonyl (C=O) groups is 2. The van der Waals surface area contributed by atoms with Crippen molar-refractivity contribution in [2.45, 2.75) is 33.2 Å². The van der Waals surface area contributed by atoms with Crippen LogP contribution in [0.25, 0.3) is 0 Å². The number of aryl methyl sites for hydroxylation is 1. The molecule has 0 radical (unpaired) electrons. The molecule has 0 bridgehead atoms. The third-order valence-electron chi connectivity index (χ3n) is 5.05. The molecule has 0 heterocycles. The predicted octanol–water partition coefficient (Wildman–Crippen LogP) is 4.14. The van der Waals surface area contributed by atoms with Gasteiger partial charge in [0, 0.05) is 23.8 Å². The lowest BCUT2D eigenvalue weighted by molar-refractivity contribution is -0.135. The molecule has 162 valence electrons. The summed E-state index contributed by atoms with van der Waals surface area (Å²) in [5.74, 6) is -1.58. The number of likely N-dealkylation sites (N-methyl/N-ethyl adjacent to an activating group) is 1. The fourth-order valence-corrected chi connectivity index (χ4v) is 3.16. The SMILES string of the molecule is CCCN(CC(=O)Nc1ccccc1C)C(=O)CN(C)C(C)c1cc(F)ccc1F. The van der Waals surface area contributed by atoms with Gasteiger partial charge in [-0.15, -0.1) is 0 Å². The Balaban J connectivity index is 2.02. The molecular weight excluding hydrogens is 388 g/mol. The van der Waals surface area contributed by atoms with Crippen molar-refractivity contribution in [3.05, 3.63) is 65.2 Å². The first-order valence-electron chi connectivity index (χ1n) is 10.0. The highest BCUT2D eigenvalue weighted by atomic mass is 19.1. The quantitative estimate of drug-likeness (QED) is 0.667. The number of amides is 2. The summed E-state index contributed by atoms with van der Waals surface area (Å²) in [6.45, 7) is 5.86. The van der Waals surface area contributed by atoms with Crippen LogP contribution in [0.4, 0.5) is 14.5 Å². The highest BCUT2D eigenvalue weighted by molar-refractivity contribution is 5.95. The molecule has 5 nitrogen and oxygen atoms in total. The normalized spacial score (nSPS) is 12.0. The smallest absolute Gasteiger partial charge is 0.244 e. The molecule has 1 unspecified atom stereocenters. The number of rotatable bonds is 9. The van der Waals surface area contributed by atoms with Gasteiger partial charge in [-0.3, -0.25) is 14.5 Å². The van der Waals surface area contributed by atoms with Gasteiger partial charge < -0.3 is 10.2 Å². The molecule has 0 aliphatic heterocycles. The third kappa shape index (κ3) is 6.35. The van der Waals surface area contributed by atoms with Gasteiger partial charge in [0.15, 0.2) is 0 Å². The topological polar surface area (TPSA) is 52.7 Å². The predicted molar refractivity (Wildman–Crippen MR) is 114 cm³/mol. The number of benzene rings is 2. The Morgan fingerprint density at radius 1 is 1.10 bits per heavy atom. The molecule has 2 aromatic rings. The van der Waals surface area contributed by atoms with Gasteiger partial charge in [-0.05, 0) is 57.1 Å². The largest absolute Gasteiger partial charge is 0.332 e. The summed E-state index contributed by atoms with van der Waals surface area (Å²) in [7, 11) is 1.67. The maximum Gasteiger partial charge on any atom is 0.244 e. The number of hydrogen-bond acceptors (Lipinski definition) is 3. The molecule has 30 heavy (non-hydrogen) atoms. The van der Waals surface area contributed by atoms with Gasteiger partial charge in [0.2, 0.25) is 11.8 Å². The van der Waals surface area contributed by atoms with Crippen LogP contribution >= 0.6 is 0 Å². The monoisotopic (exact) mass is 417 g/mol. The van der Waals surface area contributed by atoms with Crippen LogP contribution in [-0.2, 0) is 9.59 Å². The van der Waals surface area contributed by atoms with Crippen LogP contribution in [0.1, 0.15) is 37.4 Å². The van der Waals surface area contributed by atoms with Crippen LogP contribution < -0.4 is 5.32 Å². The van der Waals surface area contributed by atoms with E-state index in [4.69, 9.17) is 0 Å². The highest BCUT2D eigenvalue weighted by Crippen LogP contribution is 2.22. The molecule has 2 rings (SSSR count). The van der Waals surface area contributed by atoms with E-state index < -0.39 is 17.7 Å². The van der Waals surface area contributed by atoms with E-state index in [0.29, 0.717) is 18.7 Å². The van der Waals surface area contributed by atoms with Crippen molar-refractivity contribution in [3.63, 3.8) is 0 Å². The van der Waals surface area contributed by atoms with Crippen LogP contribution in [0.5, 0.6) is 0 Å². The van der Waals surface area contributed by atoms with E-state index in [0.717, 1.165) is 23.8 Å². The minimum Gasteiger partial charge on any atom is -0.332 e. The molecule has 2 amide bonds. The second-order valence-corrected chi connectivity index (χ2v) is 7.44. The second-order valence-electron chi connectivity index (χ2n) is 7.44. The lowest BCUT2D eigenvalue weighted by Crippen LogP contribution is -2.44. The Morgan fingerprint density at radius 2 is 1.80 bits per heavy atom. The Hall–Kier alpha value is -2.80. The average Bonchev–Trinajstić information content (AvgIpc) is 2.70. The summed E-state index contributed by atoms with van der Waals surface area (Å²) in [6.07, 6.45) is 0.696. The van der Waals surface area contributed by atoms with Crippen LogP contribution in [0.2, 0.25) is 0 Å². The van der Waals surface area contributed by atoms with E-state index in [1.54, 1.807) is 18.9 Å². The molecule has 2 aromatic carbocycles. The van der Waals surface area contributed by atoms with Crippen molar-refractivity contribution in [1.29, 1.82) is 0 Å². The van der Waals surface area contributed by atoms with Gasteiger partial charge in [0.25, 0.3) is 0 Å². The number of hydrogen-bond donors (Lipinski definition) is 1. The molecule has 7 heteroatoms. The van der Waals surface area contributed by atoms with Gasteiger partial charge in [-0.2, -0.15) is 0 Å².